The van der Waals surface area contributed by atoms with Crippen LogP contribution in [0, 0.1) is 6.92 Å². The molecule has 0 aromatic heterocycles. The number of amides is 3. The summed E-state index contributed by atoms with van der Waals surface area (Å²) >= 11 is 0. The van der Waals surface area contributed by atoms with Gasteiger partial charge >= 0.3 is 5.97 Å². The smallest absolute Gasteiger partial charge is 0.308 e. The number of imide groups is 1. The average Bonchev–Trinajstić information content (AvgIpc) is 2.98. The number of aryl methyl sites for hydroxylation is 1. The van der Waals surface area contributed by atoms with Gasteiger partial charge in [-0.25, -0.2) is 0 Å². The molecule has 0 unspecified atom stereocenters. The zero-order chi connectivity index (χ0) is 21.7. The summed E-state index contributed by atoms with van der Waals surface area (Å²) in [4.78, 5) is 51.9. The van der Waals surface area contributed by atoms with Crippen molar-refractivity contribution in [3.63, 3.8) is 0 Å². The first-order chi connectivity index (χ1) is 14.4. The predicted octanol–water partition coefficient (Wildman–Crippen LogP) is 2.57. The molecule has 2 aromatic carbocycles. The largest absolute Gasteiger partial charge is 0.456 e. The number of likely N-dealkylation sites (N-methyl/N-ethyl adjacent to an activating group) is 1. The molecule has 3 rings (SSSR count). The molecule has 0 spiro atoms. The summed E-state index contributed by atoms with van der Waals surface area (Å²) in [5.41, 5.74) is 2.56. The lowest BCUT2D eigenvalue weighted by atomic mass is 10.1. The average molecular weight is 408 g/mol. The van der Waals surface area contributed by atoms with Crippen LogP contribution in [-0.4, -0.2) is 53.2 Å². The molecule has 0 bridgehead atoms. The molecule has 0 aliphatic carbocycles. The molecular weight excluding hydrogens is 384 g/mol. The Kier molecular flexibility index (Phi) is 6.61. The van der Waals surface area contributed by atoms with Crippen molar-refractivity contribution in [2.75, 3.05) is 19.7 Å². The Hall–Kier alpha value is -3.48. The highest BCUT2D eigenvalue weighted by molar-refractivity contribution is 6.21. The van der Waals surface area contributed by atoms with Crippen LogP contribution in [0.4, 0.5) is 0 Å². The minimum Gasteiger partial charge on any atom is -0.456 e. The van der Waals surface area contributed by atoms with Crippen LogP contribution in [0.2, 0.25) is 0 Å². The normalized spacial score (nSPS) is 12.7. The van der Waals surface area contributed by atoms with Gasteiger partial charge in [-0.2, -0.15) is 0 Å². The first-order valence-electron chi connectivity index (χ1n) is 9.85. The number of hydrogen-bond acceptors (Lipinski definition) is 5. The molecule has 7 nitrogen and oxygen atoms in total. The van der Waals surface area contributed by atoms with Crippen molar-refractivity contribution in [2.45, 2.75) is 26.8 Å². The Labute approximate surface area is 175 Å². The van der Waals surface area contributed by atoms with Crippen LogP contribution in [0.25, 0.3) is 0 Å². The van der Waals surface area contributed by atoms with E-state index in [1.165, 1.54) is 0 Å². The van der Waals surface area contributed by atoms with Crippen molar-refractivity contribution in [1.82, 2.24) is 9.80 Å². The molecule has 0 saturated heterocycles. The van der Waals surface area contributed by atoms with E-state index in [9.17, 15) is 19.2 Å². The second-order valence-electron chi connectivity index (χ2n) is 7.12. The van der Waals surface area contributed by atoms with Crippen LogP contribution in [0.3, 0.4) is 0 Å². The molecule has 156 valence electrons. The Morgan fingerprint density at radius 3 is 2.40 bits per heavy atom. The second-order valence-corrected chi connectivity index (χ2v) is 7.12. The standard InChI is InChI=1S/C23H24N2O5/c1-3-24(14-17-7-5-4-6-8-17)20(26)15-30-21(27)11-12-25-22(28)18-10-9-16(2)13-19(18)23(25)29/h4-10,13H,3,11-12,14-15H2,1-2H3. The minimum atomic E-state index is -0.633. The lowest BCUT2D eigenvalue weighted by Gasteiger charge is -2.21. The van der Waals surface area contributed by atoms with Gasteiger partial charge in [0.05, 0.1) is 17.5 Å². The molecule has 1 aliphatic heterocycles. The van der Waals surface area contributed by atoms with Crippen molar-refractivity contribution in [3.8, 4) is 0 Å². The van der Waals surface area contributed by atoms with E-state index in [1.807, 2.05) is 44.2 Å². The van der Waals surface area contributed by atoms with E-state index in [-0.39, 0.29) is 25.5 Å². The van der Waals surface area contributed by atoms with Crippen molar-refractivity contribution < 1.29 is 23.9 Å². The predicted molar refractivity (Wildman–Crippen MR) is 110 cm³/mol. The summed E-state index contributed by atoms with van der Waals surface area (Å²) in [5.74, 6) is -1.76. The summed E-state index contributed by atoms with van der Waals surface area (Å²) < 4.78 is 5.07. The lowest BCUT2D eigenvalue weighted by Crippen LogP contribution is -2.35. The number of fused-ring (bicyclic) bond motifs is 1. The third-order valence-corrected chi connectivity index (χ3v) is 4.97. The van der Waals surface area contributed by atoms with Crippen molar-refractivity contribution in [3.05, 3.63) is 70.8 Å². The van der Waals surface area contributed by atoms with Gasteiger partial charge in [0, 0.05) is 19.6 Å². The first kappa shape index (κ1) is 21.2. The maximum atomic E-state index is 12.4. The van der Waals surface area contributed by atoms with Gasteiger partial charge in [-0.1, -0.05) is 42.0 Å². The Balaban J connectivity index is 1.48. The Morgan fingerprint density at radius 1 is 1.00 bits per heavy atom. The van der Waals surface area contributed by atoms with Gasteiger partial charge in [0.15, 0.2) is 6.61 Å². The number of hydrogen-bond donors (Lipinski definition) is 0. The summed E-state index contributed by atoms with van der Waals surface area (Å²) in [6, 6.07) is 14.6. The van der Waals surface area contributed by atoms with Gasteiger partial charge in [0.2, 0.25) is 0 Å². The van der Waals surface area contributed by atoms with Crippen molar-refractivity contribution >= 4 is 23.7 Å². The molecule has 1 heterocycles. The van der Waals surface area contributed by atoms with Crippen LogP contribution in [-0.2, 0) is 20.9 Å². The van der Waals surface area contributed by atoms with E-state index in [4.69, 9.17) is 4.74 Å². The van der Waals surface area contributed by atoms with Gasteiger partial charge in [0.1, 0.15) is 0 Å². The van der Waals surface area contributed by atoms with Crippen LogP contribution >= 0.6 is 0 Å². The highest BCUT2D eigenvalue weighted by Gasteiger charge is 2.35. The Bertz CT molecular complexity index is 971. The van der Waals surface area contributed by atoms with Crippen LogP contribution in [0.5, 0.6) is 0 Å². The fourth-order valence-corrected chi connectivity index (χ4v) is 3.30. The molecular formula is C23H24N2O5. The van der Waals surface area contributed by atoms with Crippen LogP contribution < -0.4 is 0 Å². The summed E-state index contributed by atoms with van der Waals surface area (Å²) in [6.45, 7) is 4.15. The molecule has 1 aliphatic rings. The highest BCUT2D eigenvalue weighted by Crippen LogP contribution is 2.24. The zero-order valence-electron chi connectivity index (χ0n) is 17.1. The number of carbonyl (C=O) groups is 4. The maximum Gasteiger partial charge on any atom is 0.308 e. The zero-order valence-corrected chi connectivity index (χ0v) is 17.1. The van der Waals surface area contributed by atoms with Crippen LogP contribution in [0.15, 0.2) is 48.5 Å². The third-order valence-electron chi connectivity index (χ3n) is 4.97. The van der Waals surface area contributed by atoms with E-state index in [0.717, 1.165) is 16.0 Å². The Morgan fingerprint density at radius 2 is 1.70 bits per heavy atom. The summed E-state index contributed by atoms with van der Waals surface area (Å²) in [5, 5.41) is 0. The first-order valence-corrected chi connectivity index (χ1v) is 9.85. The number of nitrogens with zero attached hydrogens (tertiary/aromatic N) is 2. The fourth-order valence-electron chi connectivity index (χ4n) is 3.30. The summed E-state index contributed by atoms with van der Waals surface area (Å²) in [6.07, 6.45) is -0.164. The molecule has 0 N–H and O–H groups in total. The molecule has 0 atom stereocenters. The van der Waals surface area contributed by atoms with Crippen molar-refractivity contribution in [2.24, 2.45) is 0 Å². The molecule has 0 radical (unpaired) electrons. The number of carbonyl (C=O) groups excluding carboxylic acids is 4. The van der Waals surface area contributed by atoms with E-state index >= 15 is 0 Å². The van der Waals surface area contributed by atoms with E-state index in [0.29, 0.717) is 24.2 Å². The highest BCUT2D eigenvalue weighted by atomic mass is 16.5. The van der Waals surface area contributed by atoms with Gasteiger partial charge in [-0.15, -0.1) is 0 Å². The second kappa shape index (κ2) is 9.35. The van der Waals surface area contributed by atoms with Gasteiger partial charge in [0.25, 0.3) is 17.7 Å². The minimum absolute atomic E-state index is 0.0834. The fraction of sp³-hybridized carbons (Fsp3) is 0.304. The van der Waals surface area contributed by atoms with E-state index in [1.54, 1.807) is 23.1 Å². The van der Waals surface area contributed by atoms with Gasteiger partial charge in [-0.05, 0) is 31.5 Å². The molecule has 2 aromatic rings. The molecule has 0 fully saturated rings. The summed E-state index contributed by atoms with van der Waals surface area (Å²) in [7, 11) is 0. The van der Waals surface area contributed by atoms with Crippen molar-refractivity contribution in [1.29, 1.82) is 0 Å². The maximum absolute atomic E-state index is 12.4. The lowest BCUT2D eigenvalue weighted by molar-refractivity contribution is -0.152. The van der Waals surface area contributed by atoms with E-state index < -0.39 is 17.8 Å². The van der Waals surface area contributed by atoms with E-state index in [2.05, 4.69) is 0 Å². The quantitative estimate of drug-likeness (QED) is 0.495. The number of benzene rings is 2. The number of rotatable bonds is 8. The van der Waals surface area contributed by atoms with Gasteiger partial charge in [-0.3, -0.25) is 24.1 Å². The molecule has 7 heteroatoms. The topological polar surface area (TPSA) is 84.0 Å². The number of esters is 1. The number of ether oxygens (including phenoxy) is 1. The van der Waals surface area contributed by atoms with Crippen LogP contribution in [0.1, 0.15) is 45.2 Å². The third kappa shape index (κ3) is 4.74. The molecule has 0 saturated carbocycles. The molecule has 30 heavy (non-hydrogen) atoms. The van der Waals surface area contributed by atoms with Gasteiger partial charge < -0.3 is 9.64 Å². The monoisotopic (exact) mass is 408 g/mol. The SMILES string of the molecule is CCN(Cc1ccccc1)C(=O)COC(=O)CCN1C(=O)c2ccc(C)cc2C1=O. The molecule has 3 amide bonds.